The van der Waals surface area contributed by atoms with Gasteiger partial charge in [-0.25, -0.2) is 9.97 Å². The maximum Gasteiger partial charge on any atom is 0.189 e. The van der Waals surface area contributed by atoms with Crippen LogP contribution in [0.15, 0.2) is 24.5 Å². The maximum absolute atomic E-state index is 8.73. The average molecular weight is 259 g/mol. The predicted octanol–water partition coefficient (Wildman–Crippen LogP) is 2.21. The van der Waals surface area contributed by atoms with Crippen LogP contribution in [0.1, 0.15) is 10.4 Å². The number of anilines is 2. The molecule has 0 saturated carbocycles. The Balaban J connectivity index is 2.11. The first-order chi connectivity index (χ1) is 8.67. The number of pyridine rings is 1. The highest BCUT2D eigenvalue weighted by Crippen LogP contribution is 2.21. The summed E-state index contributed by atoms with van der Waals surface area (Å²) in [4.78, 5) is 11.0. The molecule has 18 heavy (non-hydrogen) atoms. The standard InChI is InChI=1S/C12H13N5S/c1-17(2)8-9-3-4-14-11(5-9)16-12-15-7-10(6-13)18-12/h3-5,7H,8H2,1-2H3,(H,14,15,16). The van der Waals surface area contributed by atoms with Crippen LogP contribution in [0.2, 0.25) is 0 Å². The third kappa shape index (κ3) is 3.26. The SMILES string of the molecule is CN(C)Cc1ccnc(Nc2ncc(C#N)s2)c1. The monoisotopic (exact) mass is 259 g/mol. The average Bonchev–Trinajstić information content (AvgIpc) is 2.76. The zero-order valence-corrected chi connectivity index (χ0v) is 11.0. The molecule has 5 nitrogen and oxygen atoms in total. The Bertz CT molecular complexity index is 570. The summed E-state index contributed by atoms with van der Waals surface area (Å²) in [7, 11) is 4.04. The zero-order chi connectivity index (χ0) is 13.0. The van der Waals surface area contributed by atoms with Gasteiger partial charge in [0.2, 0.25) is 0 Å². The lowest BCUT2D eigenvalue weighted by Crippen LogP contribution is -2.10. The summed E-state index contributed by atoms with van der Waals surface area (Å²) in [5.74, 6) is 0.744. The van der Waals surface area contributed by atoms with Gasteiger partial charge in [0.1, 0.15) is 16.8 Å². The lowest BCUT2D eigenvalue weighted by molar-refractivity contribution is 0.402. The van der Waals surface area contributed by atoms with Crippen LogP contribution in [0.4, 0.5) is 10.9 Å². The van der Waals surface area contributed by atoms with E-state index in [1.807, 2.05) is 26.2 Å². The van der Waals surface area contributed by atoms with Crippen molar-refractivity contribution in [3.63, 3.8) is 0 Å². The third-order valence-corrected chi connectivity index (χ3v) is 2.99. The first-order valence-corrected chi connectivity index (χ1v) is 6.21. The van der Waals surface area contributed by atoms with E-state index in [2.05, 4.69) is 26.3 Å². The fraction of sp³-hybridized carbons (Fsp3) is 0.250. The van der Waals surface area contributed by atoms with E-state index >= 15 is 0 Å². The number of rotatable bonds is 4. The van der Waals surface area contributed by atoms with Crippen molar-refractivity contribution >= 4 is 22.3 Å². The Morgan fingerprint density at radius 2 is 2.28 bits per heavy atom. The van der Waals surface area contributed by atoms with Gasteiger partial charge in [-0.15, -0.1) is 0 Å². The van der Waals surface area contributed by atoms with Crippen molar-refractivity contribution in [1.29, 1.82) is 5.26 Å². The lowest BCUT2D eigenvalue weighted by Gasteiger charge is -2.10. The molecule has 0 bridgehead atoms. The molecule has 0 amide bonds. The van der Waals surface area contributed by atoms with Gasteiger partial charge in [-0.05, 0) is 31.8 Å². The van der Waals surface area contributed by atoms with Gasteiger partial charge >= 0.3 is 0 Å². The fourth-order valence-electron chi connectivity index (χ4n) is 1.50. The van der Waals surface area contributed by atoms with Gasteiger partial charge in [0.05, 0.1) is 6.20 Å². The van der Waals surface area contributed by atoms with Crippen molar-refractivity contribution in [2.75, 3.05) is 19.4 Å². The first kappa shape index (κ1) is 12.5. The highest BCUT2D eigenvalue weighted by molar-refractivity contribution is 7.16. The molecule has 2 rings (SSSR count). The van der Waals surface area contributed by atoms with Crippen molar-refractivity contribution < 1.29 is 0 Å². The first-order valence-electron chi connectivity index (χ1n) is 5.40. The minimum atomic E-state index is 0.585. The highest BCUT2D eigenvalue weighted by Gasteiger charge is 2.03. The highest BCUT2D eigenvalue weighted by atomic mass is 32.1. The summed E-state index contributed by atoms with van der Waals surface area (Å²) < 4.78 is 0. The summed E-state index contributed by atoms with van der Waals surface area (Å²) in [5.41, 5.74) is 1.18. The molecular weight excluding hydrogens is 246 g/mol. The Labute approximate surface area is 110 Å². The summed E-state index contributed by atoms with van der Waals surface area (Å²) in [6.07, 6.45) is 3.32. The van der Waals surface area contributed by atoms with Crippen molar-refractivity contribution in [2.24, 2.45) is 0 Å². The van der Waals surface area contributed by atoms with E-state index in [9.17, 15) is 0 Å². The van der Waals surface area contributed by atoms with E-state index in [-0.39, 0.29) is 0 Å². The van der Waals surface area contributed by atoms with E-state index in [1.54, 1.807) is 12.4 Å². The molecule has 0 aromatic carbocycles. The summed E-state index contributed by atoms with van der Waals surface area (Å²) >= 11 is 1.31. The molecule has 0 aliphatic heterocycles. The van der Waals surface area contributed by atoms with E-state index in [0.29, 0.717) is 10.0 Å². The molecule has 0 unspecified atom stereocenters. The number of aromatic nitrogens is 2. The van der Waals surface area contributed by atoms with Crippen LogP contribution in [0.5, 0.6) is 0 Å². The van der Waals surface area contributed by atoms with Crippen LogP contribution in [0.25, 0.3) is 0 Å². The Hall–Kier alpha value is -1.97. The maximum atomic E-state index is 8.73. The zero-order valence-electron chi connectivity index (χ0n) is 10.2. The minimum Gasteiger partial charge on any atom is -0.316 e. The van der Waals surface area contributed by atoms with Gasteiger partial charge in [-0.1, -0.05) is 11.3 Å². The predicted molar refractivity (Wildman–Crippen MR) is 71.7 cm³/mol. The quantitative estimate of drug-likeness (QED) is 0.912. The number of nitriles is 1. The largest absolute Gasteiger partial charge is 0.316 e. The number of nitrogens with zero attached hydrogens (tertiary/aromatic N) is 4. The third-order valence-electron chi connectivity index (χ3n) is 2.17. The summed E-state index contributed by atoms with van der Waals surface area (Å²) in [6.45, 7) is 0.860. The molecule has 0 spiro atoms. The lowest BCUT2D eigenvalue weighted by atomic mass is 10.2. The van der Waals surface area contributed by atoms with Crippen molar-refractivity contribution in [3.05, 3.63) is 35.0 Å². The number of hydrogen-bond donors (Lipinski definition) is 1. The normalized spacial score (nSPS) is 10.3. The van der Waals surface area contributed by atoms with Crippen molar-refractivity contribution in [1.82, 2.24) is 14.9 Å². The van der Waals surface area contributed by atoms with E-state index in [4.69, 9.17) is 5.26 Å². The van der Waals surface area contributed by atoms with Gasteiger partial charge in [0.15, 0.2) is 5.13 Å². The molecule has 0 atom stereocenters. The van der Waals surface area contributed by atoms with Crippen LogP contribution in [0.3, 0.4) is 0 Å². The van der Waals surface area contributed by atoms with E-state index < -0.39 is 0 Å². The number of thiazole rings is 1. The second kappa shape index (κ2) is 5.58. The van der Waals surface area contributed by atoms with Crippen LogP contribution in [0, 0.1) is 11.3 Å². The molecule has 2 aromatic heterocycles. The topological polar surface area (TPSA) is 64.8 Å². The van der Waals surface area contributed by atoms with Gasteiger partial charge < -0.3 is 10.2 Å². The van der Waals surface area contributed by atoms with Crippen molar-refractivity contribution in [2.45, 2.75) is 6.54 Å². The molecule has 6 heteroatoms. The van der Waals surface area contributed by atoms with E-state index in [0.717, 1.165) is 12.4 Å². The molecule has 0 aliphatic rings. The Morgan fingerprint density at radius 3 is 2.94 bits per heavy atom. The van der Waals surface area contributed by atoms with Crippen LogP contribution < -0.4 is 5.32 Å². The molecule has 0 saturated heterocycles. The van der Waals surface area contributed by atoms with Crippen LogP contribution >= 0.6 is 11.3 Å². The molecule has 0 radical (unpaired) electrons. The fourth-order valence-corrected chi connectivity index (χ4v) is 2.12. The van der Waals surface area contributed by atoms with Gasteiger partial charge in [-0.3, -0.25) is 0 Å². The molecule has 2 heterocycles. The van der Waals surface area contributed by atoms with Crippen LogP contribution in [-0.2, 0) is 6.54 Å². The molecule has 0 fully saturated rings. The van der Waals surface area contributed by atoms with Crippen LogP contribution in [-0.4, -0.2) is 29.0 Å². The Morgan fingerprint density at radius 1 is 1.44 bits per heavy atom. The minimum absolute atomic E-state index is 0.585. The van der Waals surface area contributed by atoms with Gasteiger partial charge in [0, 0.05) is 12.7 Å². The Kier molecular flexibility index (Phi) is 3.87. The summed E-state index contributed by atoms with van der Waals surface area (Å²) in [5, 5.41) is 12.5. The van der Waals surface area contributed by atoms with Crippen molar-refractivity contribution in [3.8, 4) is 6.07 Å². The molecular formula is C12H13N5S. The molecule has 1 N–H and O–H groups in total. The second-order valence-corrected chi connectivity index (χ2v) is 5.08. The molecule has 0 aliphatic carbocycles. The number of hydrogen-bond acceptors (Lipinski definition) is 6. The smallest absolute Gasteiger partial charge is 0.189 e. The second-order valence-electron chi connectivity index (χ2n) is 4.05. The van der Waals surface area contributed by atoms with Gasteiger partial charge in [0.25, 0.3) is 0 Å². The molecule has 92 valence electrons. The number of nitrogens with one attached hydrogen (secondary N) is 1. The summed E-state index contributed by atoms with van der Waals surface area (Å²) in [6, 6.07) is 6.02. The molecule has 2 aromatic rings. The van der Waals surface area contributed by atoms with E-state index in [1.165, 1.54) is 16.9 Å². The van der Waals surface area contributed by atoms with Gasteiger partial charge in [-0.2, -0.15) is 5.26 Å².